The molecule has 2 heterocycles. The molecule has 23 heavy (non-hydrogen) atoms. The van der Waals surface area contributed by atoms with E-state index in [1.165, 1.54) is 36.3 Å². The van der Waals surface area contributed by atoms with Crippen LogP contribution in [0.1, 0.15) is 0 Å². The maximum absolute atomic E-state index is 12.0. The third-order valence-corrected chi connectivity index (χ3v) is 3.84. The maximum Gasteiger partial charge on any atom is 0.234 e. The Balaban J connectivity index is 1.68. The molecular weight excluding hydrogens is 320 g/mol. The van der Waals surface area contributed by atoms with Crippen molar-refractivity contribution in [2.75, 3.05) is 16.8 Å². The summed E-state index contributed by atoms with van der Waals surface area (Å²) < 4.78 is 0. The monoisotopic (exact) mass is 332 g/mol. The smallest absolute Gasteiger partial charge is 0.234 e. The summed E-state index contributed by atoms with van der Waals surface area (Å²) >= 11 is 1.18. The van der Waals surface area contributed by atoms with Crippen molar-refractivity contribution in [3.05, 3.63) is 24.5 Å². The van der Waals surface area contributed by atoms with E-state index in [1.807, 2.05) is 0 Å². The molecule has 3 rings (SSSR count). The first kappa shape index (κ1) is 14.9. The van der Waals surface area contributed by atoms with E-state index in [-0.39, 0.29) is 29.1 Å². The van der Waals surface area contributed by atoms with E-state index >= 15 is 0 Å². The van der Waals surface area contributed by atoms with Gasteiger partial charge < -0.3 is 26.2 Å². The molecule has 0 fully saturated rings. The Morgan fingerprint density at radius 3 is 2.91 bits per heavy atom. The van der Waals surface area contributed by atoms with E-state index in [9.17, 15) is 15.0 Å². The maximum atomic E-state index is 12.0. The molecule has 6 N–H and O–H groups in total. The van der Waals surface area contributed by atoms with Crippen molar-refractivity contribution in [3.8, 4) is 11.5 Å². The Labute approximate surface area is 134 Å². The molecule has 1 amide bonds. The van der Waals surface area contributed by atoms with Gasteiger partial charge in [-0.2, -0.15) is 4.98 Å². The summed E-state index contributed by atoms with van der Waals surface area (Å²) in [5, 5.41) is 21.8. The number of hydrogen-bond acceptors (Lipinski definition) is 8. The number of phenolic OH excluding ortho intramolecular Hbond substituents is 2. The molecule has 10 heteroatoms. The van der Waals surface area contributed by atoms with Crippen LogP contribution in [0, 0.1) is 0 Å². The highest BCUT2D eigenvalue weighted by atomic mass is 32.2. The lowest BCUT2D eigenvalue weighted by Gasteiger charge is -2.06. The number of carbonyl (C=O) groups is 1. The number of fused-ring (bicyclic) bond motifs is 1. The van der Waals surface area contributed by atoms with Gasteiger partial charge in [0.15, 0.2) is 17.1 Å². The molecular formula is C13H12N6O3S. The van der Waals surface area contributed by atoms with Gasteiger partial charge in [-0.15, -0.1) is 0 Å². The van der Waals surface area contributed by atoms with Crippen LogP contribution in [0.15, 0.2) is 29.6 Å². The summed E-state index contributed by atoms with van der Waals surface area (Å²) in [6.07, 6.45) is 1.47. The molecule has 0 atom stereocenters. The summed E-state index contributed by atoms with van der Waals surface area (Å²) in [5.41, 5.74) is 7.02. The third-order valence-electron chi connectivity index (χ3n) is 2.87. The van der Waals surface area contributed by atoms with E-state index < -0.39 is 0 Å². The molecule has 0 saturated carbocycles. The third kappa shape index (κ3) is 3.26. The Kier molecular flexibility index (Phi) is 3.89. The number of aromatic nitrogens is 4. The number of H-pyrrole nitrogens is 1. The first-order chi connectivity index (χ1) is 11.0. The number of thioether (sulfide) groups is 1. The fourth-order valence-corrected chi connectivity index (χ4v) is 2.65. The van der Waals surface area contributed by atoms with Crippen LogP contribution in [0.25, 0.3) is 11.2 Å². The normalized spacial score (nSPS) is 10.8. The van der Waals surface area contributed by atoms with Crippen molar-refractivity contribution < 1.29 is 15.0 Å². The largest absolute Gasteiger partial charge is 0.504 e. The molecule has 0 saturated heterocycles. The Bertz CT molecular complexity index is 881. The molecule has 1 aromatic carbocycles. The fraction of sp³-hybridized carbons (Fsp3) is 0.0769. The molecule has 0 aliphatic heterocycles. The second kappa shape index (κ2) is 6.01. The average Bonchev–Trinajstić information content (AvgIpc) is 2.97. The van der Waals surface area contributed by atoms with Gasteiger partial charge >= 0.3 is 0 Å². The summed E-state index contributed by atoms with van der Waals surface area (Å²) in [6.45, 7) is 0. The Morgan fingerprint density at radius 2 is 2.13 bits per heavy atom. The van der Waals surface area contributed by atoms with Gasteiger partial charge in [-0.25, -0.2) is 9.97 Å². The molecule has 0 unspecified atom stereocenters. The second-order valence-corrected chi connectivity index (χ2v) is 5.49. The van der Waals surface area contributed by atoms with Crippen LogP contribution in [0.3, 0.4) is 0 Å². The van der Waals surface area contributed by atoms with Gasteiger partial charge in [0.2, 0.25) is 11.9 Å². The number of benzene rings is 1. The van der Waals surface area contributed by atoms with Gasteiger partial charge in [0.1, 0.15) is 10.5 Å². The van der Waals surface area contributed by atoms with E-state index in [1.54, 1.807) is 0 Å². The summed E-state index contributed by atoms with van der Waals surface area (Å²) in [5.74, 6) is -0.707. The van der Waals surface area contributed by atoms with Crippen molar-refractivity contribution in [1.29, 1.82) is 0 Å². The highest BCUT2D eigenvalue weighted by molar-refractivity contribution is 8.00. The fourth-order valence-electron chi connectivity index (χ4n) is 1.86. The first-order valence-corrected chi connectivity index (χ1v) is 7.42. The molecule has 9 nitrogen and oxygen atoms in total. The van der Waals surface area contributed by atoms with Crippen molar-refractivity contribution in [3.63, 3.8) is 0 Å². The number of phenols is 2. The predicted molar refractivity (Wildman–Crippen MR) is 85.2 cm³/mol. The van der Waals surface area contributed by atoms with Crippen LogP contribution in [0.4, 0.5) is 11.6 Å². The molecule has 2 aromatic heterocycles. The highest BCUT2D eigenvalue weighted by Crippen LogP contribution is 2.28. The van der Waals surface area contributed by atoms with Crippen LogP contribution >= 0.6 is 11.8 Å². The number of nitrogen functional groups attached to an aromatic ring is 1. The molecule has 0 radical (unpaired) electrons. The molecule has 118 valence electrons. The number of amides is 1. The number of rotatable bonds is 4. The average molecular weight is 332 g/mol. The van der Waals surface area contributed by atoms with Crippen LogP contribution in [0.2, 0.25) is 0 Å². The molecule has 0 aliphatic carbocycles. The number of anilines is 2. The van der Waals surface area contributed by atoms with Gasteiger partial charge in [-0.1, -0.05) is 11.8 Å². The van der Waals surface area contributed by atoms with Crippen molar-refractivity contribution >= 4 is 40.5 Å². The number of hydrogen-bond donors (Lipinski definition) is 5. The predicted octanol–water partition coefficient (Wildman–Crippen LogP) is 1.08. The van der Waals surface area contributed by atoms with Gasteiger partial charge in [-0.05, 0) is 12.1 Å². The van der Waals surface area contributed by atoms with Crippen LogP contribution in [0.5, 0.6) is 11.5 Å². The number of carbonyl (C=O) groups excluding carboxylic acids is 1. The zero-order valence-electron chi connectivity index (χ0n) is 11.6. The summed E-state index contributed by atoms with van der Waals surface area (Å²) in [4.78, 5) is 26.9. The summed E-state index contributed by atoms with van der Waals surface area (Å²) in [7, 11) is 0. The number of aromatic amines is 1. The number of nitrogens with zero attached hydrogens (tertiary/aromatic N) is 3. The van der Waals surface area contributed by atoms with E-state index in [2.05, 4.69) is 25.3 Å². The minimum atomic E-state index is -0.307. The minimum absolute atomic E-state index is 0.0756. The van der Waals surface area contributed by atoms with Crippen molar-refractivity contribution in [1.82, 2.24) is 19.9 Å². The first-order valence-electron chi connectivity index (χ1n) is 6.44. The van der Waals surface area contributed by atoms with Gasteiger partial charge in [-0.3, -0.25) is 4.79 Å². The Morgan fingerprint density at radius 1 is 1.30 bits per heavy atom. The second-order valence-electron chi connectivity index (χ2n) is 4.53. The zero-order valence-corrected chi connectivity index (χ0v) is 12.5. The van der Waals surface area contributed by atoms with Crippen LogP contribution in [-0.4, -0.2) is 41.8 Å². The molecule has 0 bridgehead atoms. The Hall–Kier alpha value is -3.01. The van der Waals surface area contributed by atoms with Gasteiger partial charge in [0, 0.05) is 11.8 Å². The van der Waals surface area contributed by atoms with Crippen molar-refractivity contribution in [2.45, 2.75) is 5.03 Å². The highest BCUT2D eigenvalue weighted by Gasteiger charge is 2.12. The SMILES string of the molecule is Nc1nc(SCC(=O)Nc2ccc(O)c(O)c2)c2[nH]cnc2n1. The van der Waals surface area contributed by atoms with Gasteiger partial charge in [0.25, 0.3) is 0 Å². The zero-order chi connectivity index (χ0) is 16.4. The topological polar surface area (TPSA) is 150 Å². The lowest BCUT2D eigenvalue weighted by molar-refractivity contribution is -0.113. The van der Waals surface area contributed by atoms with Crippen LogP contribution in [-0.2, 0) is 4.79 Å². The summed E-state index contributed by atoms with van der Waals surface area (Å²) in [6, 6.07) is 4.03. The number of nitrogens with two attached hydrogens (primary N) is 1. The minimum Gasteiger partial charge on any atom is -0.504 e. The van der Waals surface area contributed by atoms with Gasteiger partial charge in [0.05, 0.1) is 12.1 Å². The molecule has 3 aromatic rings. The number of aromatic hydroxyl groups is 2. The number of imidazole rings is 1. The van der Waals surface area contributed by atoms with E-state index in [4.69, 9.17) is 5.73 Å². The number of nitrogens with one attached hydrogen (secondary N) is 2. The van der Waals surface area contributed by atoms with Crippen LogP contribution < -0.4 is 11.1 Å². The quantitative estimate of drug-likeness (QED) is 0.206. The molecule has 0 spiro atoms. The molecule has 0 aliphatic rings. The lowest BCUT2D eigenvalue weighted by Crippen LogP contribution is -2.14. The lowest BCUT2D eigenvalue weighted by atomic mass is 10.3. The van der Waals surface area contributed by atoms with E-state index in [0.717, 1.165) is 0 Å². The van der Waals surface area contributed by atoms with Crippen molar-refractivity contribution in [2.24, 2.45) is 0 Å². The van der Waals surface area contributed by atoms with E-state index in [0.29, 0.717) is 21.9 Å². The standard InChI is InChI=1S/C13H12N6O3S/c14-13-18-11-10(15-5-16-11)12(19-13)23-4-9(22)17-6-1-2-7(20)8(21)3-6/h1-3,5,20-21H,4H2,(H,17,22)(H3,14,15,16,18,19).